The van der Waals surface area contributed by atoms with Crippen LogP contribution in [0, 0.1) is 6.92 Å². The molecule has 5 heteroatoms. The first-order valence-corrected chi connectivity index (χ1v) is 8.10. The molecule has 0 unspecified atom stereocenters. The first-order valence-electron chi connectivity index (χ1n) is 8.10. The number of aromatic nitrogens is 2. The summed E-state index contributed by atoms with van der Waals surface area (Å²) >= 11 is 0. The van der Waals surface area contributed by atoms with Crippen molar-refractivity contribution in [1.82, 2.24) is 20.6 Å². The molecule has 0 radical (unpaired) electrons. The number of aryl methyl sites for hydroxylation is 1. The molecular weight excluding hydrogens is 288 g/mol. The van der Waals surface area contributed by atoms with Gasteiger partial charge < -0.3 is 10.6 Å². The molecule has 2 N–H and O–H groups in total. The van der Waals surface area contributed by atoms with E-state index < -0.39 is 0 Å². The smallest absolute Gasteiger partial charge is 0.213 e. The van der Waals surface area contributed by atoms with Gasteiger partial charge in [-0.1, -0.05) is 6.07 Å². The fourth-order valence-corrected chi connectivity index (χ4v) is 2.84. The molecule has 5 nitrogen and oxygen atoms in total. The average molecular weight is 310 g/mol. The quantitative estimate of drug-likeness (QED) is 0.825. The van der Waals surface area contributed by atoms with Crippen molar-refractivity contribution in [2.75, 3.05) is 13.1 Å². The van der Waals surface area contributed by atoms with Gasteiger partial charge in [-0.25, -0.2) is 4.98 Å². The largest absolute Gasteiger partial charge is 0.317 e. The van der Waals surface area contributed by atoms with E-state index in [0.29, 0.717) is 23.8 Å². The van der Waals surface area contributed by atoms with Crippen LogP contribution in [0.15, 0.2) is 36.5 Å². The molecule has 0 aliphatic carbocycles. The molecule has 0 amide bonds. The number of hydrogen-bond acceptors (Lipinski definition) is 5. The van der Waals surface area contributed by atoms with Gasteiger partial charge in [-0.2, -0.15) is 0 Å². The van der Waals surface area contributed by atoms with Crippen molar-refractivity contribution in [1.29, 1.82) is 0 Å². The summed E-state index contributed by atoms with van der Waals surface area (Å²) in [4.78, 5) is 21.3. The number of rotatable bonds is 5. The van der Waals surface area contributed by atoms with Crippen molar-refractivity contribution in [3.05, 3.63) is 59.2 Å². The standard InChI is InChI=1S/C18H22N4O/c1-13-16(5-3-9-20-13)18(23)17-6-2-4-15(22-17)12-21-14-7-10-19-11-8-14/h2-6,9,14,19,21H,7-8,10-12H2,1H3. The Labute approximate surface area is 136 Å². The van der Waals surface area contributed by atoms with Gasteiger partial charge >= 0.3 is 0 Å². The van der Waals surface area contributed by atoms with Crippen molar-refractivity contribution < 1.29 is 4.79 Å². The van der Waals surface area contributed by atoms with Gasteiger partial charge in [0.1, 0.15) is 5.69 Å². The molecule has 1 aliphatic heterocycles. The van der Waals surface area contributed by atoms with Gasteiger partial charge in [0.05, 0.1) is 5.69 Å². The van der Waals surface area contributed by atoms with Gasteiger partial charge in [-0.05, 0) is 57.1 Å². The van der Waals surface area contributed by atoms with E-state index >= 15 is 0 Å². The zero-order valence-corrected chi connectivity index (χ0v) is 13.4. The molecule has 0 bridgehead atoms. The minimum atomic E-state index is -0.0701. The molecule has 1 saturated heterocycles. The Morgan fingerprint density at radius 1 is 1.26 bits per heavy atom. The maximum atomic E-state index is 12.6. The molecule has 0 atom stereocenters. The molecule has 120 valence electrons. The van der Waals surface area contributed by atoms with Gasteiger partial charge in [0.15, 0.2) is 0 Å². The highest BCUT2D eigenvalue weighted by molar-refractivity contribution is 6.08. The Hall–Kier alpha value is -2.11. The lowest BCUT2D eigenvalue weighted by atomic mass is 10.1. The lowest BCUT2D eigenvalue weighted by Gasteiger charge is -2.23. The summed E-state index contributed by atoms with van der Waals surface area (Å²) in [5.74, 6) is -0.0701. The topological polar surface area (TPSA) is 66.9 Å². The fourth-order valence-electron chi connectivity index (χ4n) is 2.84. The number of carbonyl (C=O) groups is 1. The van der Waals surface area contributed by atoms with Gasteiger partial charge in [-0.15, -0.1) is 0 Å². The Morgan fingerprint density at radius 3 is 2.87 bits per heavy atom. The Balaban J connectivity index is 1.69. The first-order chi connectivity index (χ1) is 11.2. The first kappa shape index (κ1) is 15.8. The summed E-state index contributed by atoms with van der Waals surface area (Å²) < 4.78 is 0. The van der Waals surface area contributed by atoms with Crippen LogP contribution in [-0.4, -0.2) is 34.9 Å². The summed E-state index contributed by atoms with van der Waals surface area (Å²) in [5, 5.41) is 6.88. The maximum Gasteiger partial charge on any atom is 0.213 e. The van der Waals surface area contributed by atoms with Crippen LogP contribution >= 0.6 is 0 Å². The average Bonchev–Trinajstić information content (AvgIpc) is 2.61. The van der Waals surface area contributed by atoms with Crippen molar-refractivity contribution >= 4 is 5.78 Å². The van der Waals surface area contributed by atoms with E-state index in [9.17, 15) is 4.79 Å². The number of pyridine rings is 2. The normalized spacial score (nSPS) is 15.5. The third-order valence-electron chi connectivity index (χ3n) is 4.20. The Bertz CT molecular complexity index is 680. The van der Waals surface area contributed by atoms with Crippen molar-refractivity contribution in [2.45, 2.75) is 32.4 Å². The van der Waals surface area contributed by atoms with Gasteiger partial charge in [0.25, 0.3) is 0 Å². The summed E-state index contributed by atoms with van der Waals surface area (Å²) in [5.41, 5.74) is 2.72. The molecule has 3 heterocycles. The second-order valence-corrected chi connectivity index (χ2v) is 5.88. The van der Waals surface area contributed by atoms with Crippen LogP contribution in [0.5, 0.6) is 0 Å². The van der Waals surface area contributed by atoms with E-state index in [4.69, 9.17) is 0 Å². The van der Waals surface area contributed by atoms with Crippen LogP contribution in [0.1, 0.15) is 40.3 Å². The Morgan fingerprint density at radius 2 is 2.09 bits per heavy atom. The SMILES string of the molecule is Cc1ncccc1C(=O)c1cccc(CNC2CCNCC2)n1. The van der Waals surface area contributed by atoms with Gasteiger partial charge in [0.2, 0.25) is 5.78 Å². The highest BCUT2D eigenvalue weighted by Gasteiger charge is 2.15. The predicted molar refractivity (Wildman–Crippen MR) is 89.4 cm³/mol. The molecule has 23 heavy (non-hydrogen) atoms. The van der Waals surface area contributed by atoms with Crippen LogP contribution in [0.25, 0.3) is 0 Å². The Kier molecular flexibility index (Phi) is 5.10. The zero-order valence-electron chi connectivity index (χ0n) is 13.4. The molecule has 1 aliphatic rings. The lowest BCUT2D eigenvalue weighted by molar-refractivity contribution is 0.103. The van der Waals surface area contributed by atoms with Crippen molar-refractivity contribution in [2.24, 2.45) is 0 Å². The number of ketones is 1. The molecule has 2 aromatic rings. The van der Waals surface area contributed by atoms with E-state index in [-0.39, 0.29) is 5.78 Å². The van der Waals surface area contributed by atoms with Gasteiger partial charge in [-0.3, -0.25) is 9.78 Å². The van der Waals surface area contributed by atoms with E-state index in [1.807, 2.05) is 19.1 Å². The number of nitrogens with zero attached hydrogens (tertiary/aromatic N) is 2. The highest BCUT2D eigenvalue weighted by atomic mass is 16.1. The predicted octanol–water partition coefficient (Wildman–Crippen LogP) is 1.86. The minimum absolute atomic E-state index is 0.0701. The van der Waals surface area contributed by atoms with Crippen molar-refractivity contribution in [3.63, 3.8) is 0 Å². The van der Waals surface area contributed by atoms with E-state index in [0.717, 1.165) is 37.3 Å². The fraction of sp³-hybridized carbons (Fsp3) is 0.389. The summed E-state index contributed by atoms with van der Waals surface area (Å²) in [7, 11) is 0. The number of carbonyl (C=O) groups excluding carboxylic acids is 1. The highest BCUT2D eigenvalue weighted by Crippen LogP contribution is 2.11. The van der Waals surface area contributed by atoms with Crippen LogP contribution in [0.2, 0.25) is 0 Å². The van der Waals surface area contributed by atoms with Crippen LogP contribution < -0.4 is 10.6 Å². The number of hydrogen-bond donors (Lipinski definition) is 2. The van der Waals surface area contributed by atoms with Crippen LogP contribution in [0.4, 0.5) is 0 Å². The third-order valence-corrected chi connectivity index (χ3v) is 4.20. The molecule has 2 aromatic heterocycles. The summed E-state index contributed by atoms with van der Waals surface area (Å²) in [6.07, 6.45) is 3.96. The molecule has 0 aromatic carbocycles. The maximum absolute atomic E-state index is 12.6. The molecule has 1 fully saturated rings. The lowest BCUT2D eigenvalue weighted by Crippen LogP contribution is -2.39. The second kappa shape index (κ2) is 7.44. The van der Waals surface area contributed by atoms with Gasteiger partial charge in [0, 0.05) is 30.0 Å². The van der Waals surface area contributed by atoms with E-state index in [2.05, 4.69) is 20.6 Å². The summed E-state index contributed by atoms with van der Waals surface area (Å²) in [6, 6.07) is 9.72. The monoisotopic (exact) mass is 310 g/mol. The van der Waals surface area contributed by atoms with E-state index in [1.54, 1.807) is 24.4 Å². The number of nitrogens with one attached hydrogen (secondary N) is 2. The van der Waals surface area contributed by atoms with Crippen LogP contribution in [-0.2, 0) is 6.54 Å². The molecule has 0 spiro atoms. The second-order valence-electron chi connectivity index (χ2n) is 5.88. The zero-order chi connectivity index (χ0) is 16.1. The van der Waals surface area contributed by atoms with E-state index in [1.165, 1.54) is 0 Å². The third kappa shape index (κ3) is 4.00. The summed E-state index contributed by atoms with van der Waals surface area (Å²) in [6.45, 7) is 4.65. The molecule has 0 saturated carbocycles. The minimum Gasteiger partial charge on any atom is -0.317 e. The number of piperidine rings is 1. The van der Waals surface area contributed by atoms with Crippen LogP contribution in [0.3, 0.4) is 0 Å². The molecule has 3 rings (SSSR count). The van der Waals surface area contributed by atoms with Crippen molar-refractivity contribution in [3.8, 4) is 0 Å². The molecular formula is C18H22N4O.